The number of hydrogen-bond acceptors (Lipinski definition) is 10. The molecule has 0 saturated heterocycles. The van der Waals surface area contributed by atoms with E-state index in [1.54, 1.807) is 0 Å². The monoisotopic (exact) mass is 594 g/mol. The Morgan fingerprint density at radius 2 is 0.925 bits per heavy atom. The lowest BCUT2D eigenvalue weighted by atomic mass is 10.1. The van der Waals surface area contributed by atoms with E-state index in [0.29, 0.717) is 12.8 Å². The molecule has 0 spiro atoms. The lowest BCUT2D eigenvalue weighted by Gasteiger charge is -2.10. The molecule has 0 fully saturated rings. The van der Waals surface area contributed by atoms with Crippen molar-refractivity contribution in [3.8, 4) is 11.5 Å². The molecule has 0 atom stereocenters. The highest BCUT2D eigenvalue weighted by atomic mass is 35.5. The first kappa shape index (κ1) is 32.5. The Morgan fingerprint density at radius 1 is 0.575 bits per heavy atom. The summed E-state index contributed by atoms with van der Waals surface area (Å²) in [7, 11) is 0. The second kappa shape index (κ2) is 16.4. The van der Waals surface area contributed by atoms with E-state index in [0.717, 1.165) is 39.5 Å². The van der Waals surface area contributed by atoms with E-state index in [9.17, 15) is 28.8 Å². The van der Waals surface area contributed by atoms with E-state index in [-0.39, 0.29) is 45.5 Å². The van der Waals surface area contributed by atoms with E-state index >= 15 is 0 Å². The van der Waals surface area contributed by atoms with Gasteiger partial charge in [-0.1, -0.05) is 48.9 Å². The highest BCUT2D eigenvalue weighted by Gasteiger charge is 2.20. The van der Waals surface area contributed by atoms with Crippen LogP contribution >= 0.6 is 23.2 Å². The molecule has 0 aliphatic carbocycles. The Bertz CT molecular complexity index is 1170. The Balaban J connectivity index is 1.68. The summed E-state index contributed by atoms with van der Waals surface area (Å²) in [6.07, 6.45) is 4.46. The number of esters is 6. The summed E-state index contributed by atoms with van der Waals surface area (Å²) in [5.74, 6) is -4.73. The molecule has 0 heterocycles. The number of halogens is 2. The Kier molecular flexibility index (Phi) is 13.3. The predicted molar refractivity (Wildman–Crippen MR) is 143 cm³/mol. The number of unbranched alkanes of at least 4 members (excludes halogenated alkanes) is 5. The maximum Gasteiger partial charge on any atom is 0.349 e. The lowest BCUT2D eigenvalue weighted by molar-refractivity contribution is -0.136. The van der Waals surface area contributed by atoms with Crippen molar-refractivity contribution in [1.82, 2.24) is 0 Å². The van der Waals surface area contributed by atoms with Crippen LogP contribution in [0.15, 0.2) is 36.4 Å². The molecule has 40 heavy (non-hydrogen) atoms. The Morgan fingerprint density at radius 3 is 1.27 bits per heavy atom. The molecule has 0 amide bonds. The van der Waals surface area contributed by atoms with Crippen molar-refractivity contribution in [3.05, 3.63) is 57.6 Å². The van der Waals surface area contributed by atoms with Gasteiger partial charge in [0.1, 0.15) is 22.6 Å². The average molecular weight is 595 g/mol. The molecule has 214 valence electrons. The molecular formula is C28H28Cl2O10. The Hall–Kier alpha value is -3.76. The van der Waals surface area contributed by atoms with Crippen LogP contribution in [-0.2, 0) is 28.7 Å². The molecule has 2 aromatic rings. The first-order chi connectivity index (χ1) is 19.0. The molecule has 0 bridgehead atoms. The summed E-state index contributed by atoms with van der Waals surface area (Å²) in [5, 5.41) is 0.431. The zero-order valence-corrected chi connectivity index (χ0v) is 23.5. The number of benzene rings is 2. The van der Waals surface area contributed by atoms with Crippen LogP contribution in [0.2, 0.25) is 10.0 Å². The van der Waals surface area contributed by atoms with E-state index in [2.05, 4.69) is 9.47 Å². The summed E-state index contributed by atoms with van der Waals surface area (Å²) in [4.78, 5) is 70.7. The number of hydrogen-bond donors (Lipinski definition) is 0. The van der Waals surface area contributed by atoms with Crippen LogP contribution in [0.25, 0.3) is 0 Å². The fourth-order valence-electron chi connectivity index (χ4n) is 3.47. The van der Waals surface area contributed by atoms with Crippen LogP contribution in [0.5, 0.6) is 11.5 Å². The SMILES string of the molecule is CC(=O)OC(=O)c1cc(Cl)ccc1OC(=O)CCCCCCCCC(=O)Oc1ccc(Cl)cc1C(=O)OC(C)=O. The van der Waals surface area contributed by atoms with Crippen LogP contribution in [-0.4, -0.2) is 35.8 Å². The minimum absolute atomic E-state index is 0.0472. The predicted octanol–water partition coefficient (Wildman–Crippen LogP) is 6.03. The zero-order valence-electron chi connectivity index (χ0n) is 22.0. The topological polar surface area (TPSA) is 139 Å². The summed E-state index contributed by atoms with van der Waals surface area (Å²) < 4.78 is 19.6. The van der Waals surface area contributed by atoms with Crippen LogP contribution in [0.3, 0.4) is 0 Å². The highest BCUT2D eigenvalue weighted by Crippen LogP contribution is 2.26. The van der Waals surface area contributed by atoms with E-state index in [1.165, 1.54) is 36.4 Å². The maximum atomic E-state index is 12.2. The van der Waals surface area contributed by atoms with Crippen molar-refractivity contribution in [2.24, 2.45) is 0 Å². The first-order valence-electron chi connectivity index (χ1n) is 12.4. The second-order valence-corrected chi connectivity index (χ2v) is 9.49. The minimum atomic E-state index is -0.967. The third kappa shape index (κ3) is 11.5. The largest absolute Gasteiger partial charge is 0.426 e. The van der Waals surface area contributed by atoms with Gasteiger partial charge in [0.25, 0.3) is 0 Å². The van der Waals surface area contributed by atoms with Gasteiger partial charge in [0, 0.05) is 36.7 Å². The van der Waals surface area contributed by atoms with Gasteiger partial charge in [0.05, 0.1) is 0 Å². The number of rotatable bonds is 13. The van der Waals surface area contributed by atoms with Gasteiger partial charge in [-0.2, -0.15) is 0 Å². The van der Waals surface area contributed by atoms with E-state index in [4.69, 9.17) is 32.7 Å². The van der Waals surface area contributed by atoms with Gasteiger partial charge in [0.2, 0.25) is 0 Å². The van der Waals surface area contributed by atoms with Crippen LogP contribution in [0.4, 0.5) is 0 Å². The molecule has 0 aromatic heterocycles. The quantitative estimate of drug-likeness (QED) is 0.117. The minimum Gasteiger partial charge on any atom is -0.426 e. The van der Waals surface area contributed by atoms with Crippen LogP contribution in [0.1, 0.15) is 85.9 Å². The van der Waals surface area contributed by atoms with Gasteiger partial charge < -0.3 is 18.9 Å². The van der Waals surface area contributed by atoms with Crippen LogP contribution in [0, 0.1) is 0 Å². The fraction of sp³-hybridized carbons (Fsp3) is 0.357. The lowest BCUT2D eigenvalue weighted by Crippen LogP contribution is -2.14. The number of carbonyl (C=O) groups is 6. The molecule has 0 radical (unpaired) electrons. The summed E-state index contributed by atoms with van der Waals surface area (Å²) in [6.45, 7) is 2.16. The second-order valence-electron chi connectivity index (χ2n) is 8.61. The summed E-state index contributed by atoms with van der Waals surface area (Å²) in [6, 6.07) is 8.11. The third-order valence-corrected chi connectivity index (χ3v) is 5.73. The van der Waals surface area contributed by atoms with Crippen molar-refractivity contribution in [2.75, 3.05) is 0 Å². The normalized spacial score (nSPS) is 10.4. The van der Waals surface area contributed by atoms with E-state index in [1.807, 2.05) is 0 Å². The molecule has 2 rings (SSSR count). The van der Waals surface area contributed by atoms with Gasteiger partial charge in [-0.15, -0.1) is 0 Å². The standard InChI is InChI=1S/C28H28Cl2O10/c1-17(31)37-27(35)21-15-19(29)11-13-23(21)39-25(33)9-7-5-3-4-6-8-10-26(34)40-24-14-12-20(30)16-22(24)28(36)38-18(2)32/h11-16H,3-10H2,1-2H3. The van der Waals surface area contributed by atoms with Crippen LogP contribution < -0.4 is 9.47 Å². The van der Waals surface area contributed by atoms with E-state index < -0.39 is 35.8 Å². The molecule has 10 nitrogen and oxygen atoms in total. The molecule has 12 heteroatoms. The summed E-state index contributed by atoms with van der Waals surface area (Å²) in [5.41, 5.74) is -0.254. The molecule has 0 N–H and O–H groups in total. The summed E-state index contributed by atoms with van der Waals surface area (Å²) >= 11 is 11.8. The maximum absolute atomic E-state index is 12.2. The molecule has 2 aromatic carbocycles. The molecular weight excluding hydrogens is 567 g/mol. The highest BCUT2D eigenvalue weighted by molar-refractivity contribution is 6.31. The zero-order chi connectivity index (χ0) is 29.7. The fourth-order valence-corrected chi connectivity index (χ4v) is 3.81. The smallest absolute Gasteiger partial charge is 0.349 e. The number of ether oxygens (including phenoxy) is 4. The molecule has 0 aliphatic heterocycles. The molecule has 0 unspecified atom stereocenters. The molecule has 0 saturated carbocycles. The third-order valence-electron chi connectivity index (χ3n) is 5.26. The van der Waals surface area contributed by atoms with Crippen molar-refractivity contribution in [3.63, 3.8) is 0 Å². The first-order valence-corrected chi connectivity index (χ1v) is 13.2. The van der Waals surface area contributed by atoms with Gasteiger partial charge in [-0.25, -0.2) is 9.59 Å². The van der Waals surface area contributed by atoms with Gasteiger partial charge in [-0.3, -0.25) is 19.2 Å². The molecule has 0 aliphatic rings. The van der Waals surface area contributed by atoms with Gasteiger partial charge in [-0.05, 0) is 49.2 Å². The average Bonchev–Trinajstić information content (AvgIpc) is 2.86. The van der Waals surface area contributed by atoms with Gasteiger partial charge in [0.15, 0.2) is 0 Å². The van der Waals surface area contributed by atoms with Gasteiger partial charge >= 0.3 is 35.8 Å². The Labute approximate surface area is 240 Å². The number of carbonyl (C=O) groups excluding carboxylic acids is 6. The van der Waals surface area contributed by atoms with Crippen molar-refractivity contribution in [1.29, 1.82) is 0 Å². The van der Waals surface area contributed by atoms with Crippen molar-refractivity contribution >= 4 is 59.0 Å². The van der Waals surface area contributed by atoms with Crippen molar-refractivity contribution in [2.45, 2.75) is 65.2 Å². The van der Waals surface area contributed by atoms with Crippen molar-refractivity contribution < 1.29 is 47.7 Å².